The minimum atomic E-state index is -4.53. The highest BCUT2D eigenvalue weighted by molar-refractivity contribution is 6.33. The molecule has 0 spiro atoms. The molecule has 2 aromatic heterocycles. The van der Waals surface area contributed by atoms with Crippen LogP contribution in [0.1, 0.15) is 12.5 Å². The van der Waals surface area contributed by atoms with Gasteiger partial charge >= 0.3 is 6.18 Å². The van der Waals surface area contributed by atoms with E-state index in [1.807, 2.05) is 6.07 Å². The van der Waals surface area contributed by atoms with E-state index in [1.165, 1.54) is 18.3 Å². The van der Waals surface area contributed by atoms with Gasteiger partial charge in [0.25, 0.3) is 0 Å². The van der Waals surface area contributed by atoms with Crippen molar-refractivity contribution >= 4 is 23.1 Å². The summed E-state index contributed by atoms with van der Waals surface area (Å²) >= 11 is 6.19. The number of anilines is 1. The summed E-state index contributed by atoms with van der Waals surface area (Å²) < 4.78 is 53.4. The van der Waals surface area contributed by atoms with E-state index in [0.717, 1.165) is 23.6 Å². The van der Waals surface area contributed by atoms with E-state index in [-0.39, 0.29) is 27.7 Å². The van der Waals surface area contributed by atoms with Crippen LogP contribution in [0.4, 0.5) is 23.4 Å². The average molecular weight is 384 g/mol. The summed E-state index contributed by atoms with van der Waals surface area (Å²) in [7, 11) is 0. The van der Waals surface area contributed by atoms with E-state index >= 15 is 0 Å². The summed E-state index contributed by atoms with van der Waals surface area (Å²) in [6.45, 7) is 0.934. The fourth-order valence-corrected chi connectivity index (χ4v) is 2.62. The van der Waals surface area contributed by atoms with Gasteiger partial charge in [-0.05, 0) is 24.6 Å². The standard InChI is InChI=1S/C16H10ClF4N5/c1-8(16(19,20)21)24-15-12(9-2-4-11(18)5-3-9)13(17)25-14-10(6-22)7-23-26(14)15/h2-5,7-8,24H,1H3/t8-/m0/s1. The molecule has 2 heterocycles. The number of nitrogens with one attached hydrogen (secondary N) is 1. The first kappa shape index (κ1) is 17.9. The van der Waals surface area contributed by atoms with Crippen molar-refractivity contribution in [1.82, 2.24) is 14.6 Å². The van der Waals surface area contributed by atoms with Crippen molar-refractivity contribution in [3.05, 3.63) is 47.0 Å². The lowest BCUT2D eigenvalue weighted by Gasteiger charge is -2.21. The highest BCUT2D eigenvalue weighted by atomic mass is 35.5. The van der Waals surface area contributed by atoms with Crippen LogP contribution in [-0.2, 0) is 0 Å². The van der Waals surface area contributed by atoms with E-state index in [1.54, 1.807) is 0 Å². The number of hydrogen-bond donors (Lipinski definition) is 1. The van der Waals surface area contributed by atoms with Gasteiger partial charge in [0.05, 0.1) is 11.8 Å². The van der Waals surface area contributed by atoms with Gasteiger partial charge in [0.2, 0.25) is 0 Å². The Morgan fingerprint density at radius 1 is 1.27 bits per heavy atom. The second-order valence-corrected chi connectivity index (χ2v) is 5.80. The van der Waals surface area contributed by atoms with Crippen LogP contribution >= 0.6 is 11.6 Å². The number of hydrogen-bond acceptors (Lipinski definition) is 4. The minimum absolute atomic E-state index is 0.0141. The molecule has 134 valence electrons. The number of aromatic nitrogens is 3. The third-order valence-corrected chi connectivity index (χ3v) is 3.97. The molecule has 1 aromatic carbocycles. The Balaban J connectivity index is 2.28. The second-order valence-electron chi connectivity index (χ2n) is 5.45. The summed E-state index contributed by atoms with van der Waals surface area (Å²) in [5, 5.41) is 15.2. The monoisotopic (exact) mass is 383 g/mol. The highest BCUT2D eigenvalue weighted by Gasteiger charge is 2.37. The normalized spacial score (nSPS) is 12.8. The molecule has 10 heteroatoms. The van der Waals surface area contributed by atoms with Gasteiger partial charge < -0.3 is 5.32 Å². The van der Waals surface area contributed by atoms with E-state index < -0.39 is 18.0 Å². The lowest BCUT2D eigenvalue weighted by molar-refractivity contribution is -0.138. The molecule has 0 unspecified atom stereocenters. The summed E-state index contributed by atoms with van der Waals surface area (Å²) in [5.41, 5.74) is 0.528. The summed E-state index contributed by atoms with van der Waals surface area (Å²) in [6.07, 6.45) is -3.36. The van der Waals surface area contributed by atoms with Crippen LogP contribution in [0.25, 0.3) is 16.8 Å². The van der Waals surface area contributed by atoms with Crippen molar-refractivity contribution in [1.29, 1.82) is 5.26 Å². The number of nitriles is 1. The maximum atomic E-state index is 13.2. The largest absolute Gasteiger partial charge is 0.408 e. The van der Waals surface area contributed by atoms with Crippen LogP contribution in [0.3, 0.4) is 0 Å². The Bertz CT molecular complexity index is 1000. The molecule has 0 aliphatic carbocycles. The first-order valence-corrected chi connectivity index (χ1v) is 7.66. The fourth-order valence-electron chi connectivity index (χ4n) is 2.34. The molecule has 3 aromatic rings. The van der Waals surface area contributed by atoms with Crippen molar-refractivity contribution in [2.75, 3.05) is 5.32 Å². The van der Waals surface area contributed by atoms with Gasteiger partial charge in [0, 0.05) is 0 Å². The van der Waals surface area contributed by atoms with Gasteiger partial charge in [-0.25, -0.2) is 9.37 Å². The van der Waals surface area contributed by atoms with Crippen LogP contribution in [0.2, 0.25) is 5.15 Å². The summed E-state index contributed by atoms with van der Waals surface area (Å²) in [6, 6.07) is 4.94. The second kappa shape index (κ2) is 6.46. The molecule has 0 fully saturated rings. The average Bonchev–Trinajstić information content (AvgIpc) is 2.98. The van der Waals surface area contributed by atoms with Gasteiger partial charge in [-0.15, -0.1) is 0 Å². The number of benzene rings is 1. The Kier molecular flexibility index (Phi) is 4.46. The zero-order chi connectivity index (χ0) is 19.1. The Morgan fingerprint density at radius 3 is 2.50 bits per heavy atom. The molecule has 1 N–H and O–H groups in total. The molecule has 0 amide bonds. The van der Waals surface area contributed by atoms with Crippen molar-refractivity contribution in [3.8, 4) is 17.2 Å². The van der Waals surface area contributed by atoms with E-state index in [0.29, 0.717) is 5.56 Å². The number of alkyl halides is 3. The zero-order valence-electron chi connectivity index (χ0n) is 13.1. The maximum Gasteiger partial charge on any atom is 0.408 e. The molecule has 0 aliphatic heterocycles. The molecule has 3 rings (SSSR count). The van der Waals surface area contributed by atoms with Gasteiger partial charge in [-0.2, -0.15) is 28.0 Å². The Hall–Kier alpha value is -2.86. The van der Waals surface area contributed by atoms with Crippen LogP contribution in [0.5, 0.6) is 0 Å². The predicted molar refractivity (Wildman–Crippen MR) is 87.2 cm³/mol. The van der Waals surface area contributed by atoms with Crippen LogP contribution in [0, 0.1) is 17.1 Å². The highest BCUT2D eigenvalue weighted by Crippen LogP contribution is 2.36. The number of fused-ring (bicyclic) bond motifs is 1. The first-order chi connectivity index (χ1) is 12.2. The molecule has 5 nitrogen and oxygen atoms in total. The van der Waals surface area contributed by atoms with Gasteiger partial charge in [-0.1, -0.05) is 23.7 Å². The SMILES string of the molecule is C[C@H](Nc1c(-c2ccc(F)cc2)c(Cl)nc2c(C#N)cnn12)C(F)(F)F. The summed E-state index contributed by atoms with van der Waals surface area (Å²) in [4.78, 5) is 4.06. The molecular weight excluding hydrogens is 374 g/mol. The molecule has 0 radical (unpaired) electrons. The van der Waals surface area contributed by atoms with Crippen LogP contribution < -0.4 is 5.32 Å². The molecule has 0 bridgehead atoms. The maximum absolute atomic E-state index is 13.2. The quantitative estimate of drug-likeness (QED) is 0.537. The van der Waals surface area contributed by atoms with Crippen molar-refractivity contribution in [2.24, 2.45) is 0 Å². The zero-order valence-corrected chi connectivity index (χ0v) is 13.9. The van der Waals surface area contributed by atoms with Gasteiger partial charge in [0.1, 0.15) is 34.5 Å². The Morgan fingerprint density at radius 2 is 1.92 bits per heavy atom. The molecule has 0 saturated heterocycles. The van der Waals surface area contributed by atoms with Crippen molar-refractivity contribution < 1.29 is 17.6 Å². The number of nitrogens with zero attached hydrogens (tertiary/aromatic N) is 4. The molecule has 0 saturated carbocycles. The smallest absolute Gasteiger partial charge is 0.358 e. The van der Waals surface area contributed by atoms with Gasteiger partial charge in [0.15, 0.2) is 5.65 Å². The molecular formula is C16H10ClF4N5. The minimum Gasteiger partial charge on any atom is -0.358 e. The van der Waals surface area contributed by atoms with Crippen molar-refractivity contribution in [2.45, 2.75) is 19.1 Å². The number of rotatable bonds is 3. The molecule has 1 atom stereocenters. The lowest BCUT2D eigenvalue weighted by atomic mass is 10.1. The molecule has 26 heavy (non-hydrogen) atoms. The summed E-state index contributed by atoms with van der Waals surface area (Å²) in [5.74, 6) is -0.610. The first-order valence-electron chi connectivity index (χ1n) is 7.29. The Labute approximate surface area is 149 Å². The van der Waals surface area contributed by atoms with Gasteiger partial charge in [-0.3, -0.25) is 0 Å². The van der Waals surface area contributed by atoms with E-state index in [9.17, 15) is 17.6 Å². The fraction of sp³-hybridized carbons (Fsp3) is 0.188. The lowest BCUT2D eigenvalue weighted by Crippen LogP contribution is -2.34. The topological polar surface area (TPSA) is 66.0 Å². The molecule has 0 aliphatic rings. The van der Waals surface area contributed by atoms with E-state index in [2.05, 4.69) is 15.4 Å². The van der Waals surface area contributed by atoms with Crippen molar-refractivity contribution in [3.63, 3.8) is 0 Å². The number of halogens is 5. The van der Waals surface area contributed by atoms with Crippen LogP contribution in [0.15, 0.2) is 30.5 Å². The van der Waals surface area contributed by atoms with E-state index in [4.69, 9.17) is 16.9 Å². The third kappa shape index (κ3) is 3.15. The third-order valence-electron chi connectivity index (χ3n) is 3.70. The predicted octanol–water partition coefficient (Wildman–Crippen LogP) is 4.42. The van der Waals surface area contributed by atoms with Crippen LogP contribution in [-0.4, -0.2) is 26.8 Å².